The summed E-state index contributed by atoms with van der Waals surface area (Å²) < 4.78 is 0. The predicted molar refractivity (Wildman–Crippen MR) is 101 cm³/mol. The molecule has 5 nitrogen and oxygen atoms in total. The van der Waals surface area contributed by atoms with Crippen LogP contribution in [0.4, 0.5) is 5.95 Å². The lowest BCUT2D eigenvalue weighted by molar-refractivity contribution is 0.0940. The van der Waals surface area contributed by atoms with Gasteiger partial charge in [0, 0.05) is 17.3 Å². The normalized spacial score (nSPS) is 11.2. The number of hydrogen-bond acceptors (Lipinski definition) is 4. The first kappa shape index (κ1) is 18.1. The van der Waals surface area contributed by atoms with Crippen molar-refractivity contribution in [3.8, 4) is 11.3 Å². The molecule has 5 heteroatoms. The van der Waals surface area contributed by atoms with Crippen molar-refractivity contribution < 1.29 is 4.79 Å². The Morgan fingerprint density at radius 2 is 1.72 bits per heavy atom. The molecule has 0 saturated heterocycles. The molecule has 1 atom stereocenters. The highest BCUT2D eigenvalue weighted by molar-refractivity contribution is 5.94. The summed E-state index contributed by atoms with van der Waals surface area (Å²) in [5, 5.41) is 3.00. The summed E-state index contributed by atoms with van der Waals surface area (Å²) in [7, 11) is 0. The highest BCUT2D eigenvalue weighted by Gasteiger charge is 2.11. The molecule has 0 saturated carbocycles. The minimum atomic E-state index is -0.111. The summed E-state index contributed by atoms with van der Waals surface area (Å²) in [4.78, 5) is 20.4. The van der Waals surface area contributed by atoms with Crippen LogP contribution in [0.25, 0.3) is 11.3 Å². The maximum atomic E-state index is 12.4. The number of nitrogen functional groups attached to an aromatic ring is 1. The second-order valence-electron chi connectivity index (χ2n) is 5.48. The summed E-state index contributed by atoms with van der Waals surface area (Å²) in [5.41, 5.74) is 8.88. The van der Waals surface area contributed by atoms with Gasteiger partial charge in [0.2, 0.25) is 5.95 Å². The molecule has 3 rings (SSSR count). The van der Waals surface area contributed by atoms with Crippen LogP contribution in [0.1, 0.15) is 36.3 Å². The van der Waals surface area contributed by atoms with E-state index in [0.717, 1.165) is 16.8 Å². The van der Waals surface area contributed by atoms with E-state index in [2.05, 4.69) is 15.3 Å². The molecule has 0 radical (unpaired) electrons. The van der Waals surface area contributed by atoms with Gasteiger partial charge in [-0.15, -0.1) is 0 Å². The monoisotopic (exact) mass is 334 g/mol. The van der Waals surface area contributed by atoms with Gasteiger partial charge in [-0.25, -0.2) is 9.97 Å². The lowest BCUT2D eigenvalue weighted by atomic mass is 10.1. The number of aromatic nitrogens is 2. The van der Waals surface area contributed by atoms with Gasteiger partial charge in [-0.05, 0) is 30.7 Å². The van der Waals surface area contributed by atoms with E-state index in [9.17, 15) is 4.79 Å². The molecule has 1 amide bonds. The molecular formula is C20H22N4O. The van der Waals surface area contributed by atoms with E-state index >= 15 is 0 Å². The lowest BCUT2D eigenvalue weighted by Gasteiger charge is -2.14. The van der Waals surface area contributed by atoms with Crippen molar-refractivity contribution in [2.75, 3.05) is 5.73 Å². The number of nitrogens with two attached hydrogens (primary N) is 1. The third kappa shape index (κ3) is 4.41. The Morgan fingerprint density at radius 3 is 2.36 bits per heavy atom. The minimum absolute atomic E-state index is 0. The van der Waals surface area contributed by atoms with E-state index in [1.807, 2.05) is 49.4 Å². The van der Waals surface area contributed by atoms with Crippen LogP contribution in [0.5, 0.6) is 0 Å². The molecule has 0 aliphatic rings. The second-order valence-corrected chi connectivity index (χ2v) is 5.48. The molecule has 3 N–H and O–H groups in total. The number of benzene rings is 2. The number of amides is 1. The van der Waals surface area contributed by atoms with E-state index in [1.165, 1.54) is 0 Å². The SMILES string of the molecule is C.C[C@@H](NC(=O)c1ccc(-c2ccnc(N)n2)cc1)c1ccccc1. The zero-order valence-corrected chi connectivity index (χ0v) is 13.3. The van der Waals surface area contributed by atoms with Gasteiger partial charge in [-0.1, -0.05) is 49.9 Å². The van der Waals surface area contributed by atoms with Crippen molar-refractivity contribution in [1.82, 2.24) is 15.3 Å². The largest absolute Gasteiger partial charge is 0.368 e. The van der Waals surface area contributed by atoms with Crippen LogP contribution in [-0.4, -0.2) is 15.9 Å². The molecule has 2 aromatic carbocycles. The number of nitrogens with one attached hydrogen (secondary N) is 1. The van der Waals surface area contributed by atoms with Gasteiger partial charge in [0.05, 0.1) is 11.7 Å². The zero-order chi connectivity index (χ0) is 16.9. The van der Waals surface area contributed by atoms with Crippen LogP contribution in [0.15, 0.2) is 66.9 Å². The maximum absolute atomic E-state index is 12.4. The molecule has 0 unspecified atom stereocenters. The molecule has 3 aromatic rings. The summed E-state index contributed by atoms with van der Waals surface area (Å²) >= 11 is 0. The third-order valence-corrected chi connectivity index (χ3v) is 3.76. The molecule has 0 spiro atoms. The molecule has 0 aliphatic carbocycles. The van der Waals surface area contributed by atoms with Gasteiger partial charge < -0.3 is 11.1 Å². The number of hydrogen-bond donors (Lipinski definition) is 2. The average molecular weight is 334 g/mol. The van der Waals surface area contributed by atoms with Crippen LogP contribution in [0.3, 0.4) is 0 Å². The Hall–Kier alpha value is -3.21. The van der Waals surface area contributed by atoms with Gasteiger partial charge in [-0.3, -0.25) is 4.79 Å². The third-order valence-electron chi connectivity index (χ3n) is 3.76. The van der Waals surface area contributed by atoms with Crippen molar-refractivity contribution in [2.45, 2.75) is 20.4 Å². The van der Waals surface area contributed by atoms with Crippen molar-refractivity contribution in [1.29, 1.82) is 0 Å². The fraction of sp³-hybridized carbons (Fsp3) is 0.150. The predicted octanol–water partition coefficient (Wildman–Crippen LogP) is 3.85. The van der Waals surface area contributed by atoms with E-state index < -0.39 is 0 Å². The summed E-state index contributed by atoms with van der Waals surface area (Å²) in [6, 6.07) is 18.8. The number of anilines is 1. The van der Waals surface area contributed by atoms with Crippen LogP contribution in [0, 0.1) is 0 Å². The smallest absolute Gasteiger partial charge is 0.251 e. The zero-order valence-electron chi connectivity index (χ0n) is 13.3. The number of rotatable bonds is 4. The van der Waals surface area contributed by atoms with Crippen LogP contribution in [-0.2, 0) is 0 Å². The second kappa shape index (κ2) is 8.06. The molecular weight excluding hydrogens is 312 g/mol. The van der Waals surface area contributed by atoms with Gasteiger partial charge >= 0.3 is 0 Å². The fourth-order valence-electron chi connectivity index (χ4n) is 2.43. The van der Waals surface area contributed by atoms with Crippen molar-refractivity contribution in [2.24, 2.45) is 0 Å². The Labute approximate surface area is 148 Å². The average Bonchev–Trinajstić information content (AvgIpc) is 2.62. The van der Waals surface area contributed by atoms with Crippen molar-refractivity contribution in [3.05, 3.63) is 78.0 Å². The minimum Gasteiger partial charge on any atom is -0.368 e. The summed E-state index contributed by atoms with van der Waals surface area (Å²) in [5.74, 6) is 0.117. The van der Waals surface area contributed by atoms with Gasteiger partial charge in [-0.2, -0.15) is 0 Å². The van der Waals surface area contributed by atoms with Crippen molar-refractivity contribution in [3.63, 3.8) is 0 Å². The lowest BCUT2D eigenvalue weighted by Crippen LogP contribution is -2.26. The Morgan fingerprint density at radius 1 is 1.04 bits per heavy atom. The highest BCUT2D eigenvalue weighted by Crippen LogP contribution is 2.18. The molecule has 0 aliphatic heterocycles. The first-order chi connectivity index (χ1) is 11.6. The standard InChI is InChI=1S/C19H18N4O.CH4/c1-13(14-5-3-2-4-6-14)22-18(24)16-9-7-15(8-10-16)17-11-12-21-19(20)23-17;/h2-13H,1H3,(H,22,24)(H2,20,21,23);1H4/t13-;/m1./s1. The number of carbonyl (C=O) groups is 1. The first-order valence-electron chi connectivity index (χ1n) is 7.68. The van der Waals surface area contributed by atoms with Crippen molar-refractivity contribution >= 4 is 11.9 Å². The highest BCUT2D eigenvalue weighted by atomic mass is 16.1. The summed E-state index contributed by atoms with van der Waals surface area (Å²) in [6.45, 7) is 1.96. The van der Waals surface area contributed by atoms with E-state index in [4.69, 9.17) is 5.73 Å². The van der Waals surface area contributed by atoms with Gasteiger partial charge in [0.15, 0.2) is 0 Å². The Bertz CT molecular complexity index is 832. The molecule has 0 bridgehead atoms. The van der Waals surface area contributed by atoms with E-state index in [1.54, 1.807) is 24.4 Å². The van der Waals surface area contributed by atoms with Gasteiger partial charge in [0.25, 0.3) is 5.91 Å². The topological polar surface area (TPSA) is 80.9 Å². The van der Waals surface area contributed by atoms with E-state index in [-0.39, 0.29) is 25.3 Å². The quantitative estimate of drug-likeness (QED) is 0.759. The molecule has 128 valence electrons. The van der Waals surface area contributed by atoms with Crippen LogP contribution in [0.2, 0.25) is 0 Å². The number of nitrogens with zero attached hydrogens (tertiary/aromatic N) is 2. The molecule has 0 fully saturated rings. The Balaban J connectivity index is 0.00000225. The molecule has 25 heavy (non-hydrogen) atoms. The van der Waals surface area contributed by atoms with Crippen LogP contribution >= 0.6 is 0 Å². The van der Waals surface area contributed by atoms with Crippen LogP contribution < -0.4 is 11.1 Å². The van der Waals surface area contributed by atoms with E-state index in [0.29, 0.717) is 5.56 Å². The molecule has 1 aromatic heterocycles. The maximum Gasteiger partial charge on any atom is 0.251 e. The Kier molecular flexibility index (Phi) is 5.84. The number of carbonyl (C=O) groups excluding carboxylic acids is 1. The molecule has 1 heterocycles. The van der Waals surface area contributed by atoms with Gasteiger partial charge in [0.1, 0.15) is 0 Å². The fourth-order valence-corrected chi connectivity index (χ4v) is 2.43. The first-order valence-corrected chi connectivity index (χ1v) is 7.68. The summed E-state index contributed by atoms with van der Waals surface area (Å²) in [6.07, 6.45) is 1.61.